The number of carbonyl (C=O) groups is 1. The summed E-state index contributed by atoms with van der Waals surface area (Å²) < 4.78 is 126. The highest BCUT2D eigenvalue weighted by Gasteiger charge is 2.33. The Hall–Kier alpha value is -7.61. The van der Waals surface area contributed by atoms with Gasteiger partial charge in [0.1, 0.15) is 5.60 Å². The summed E-state index contributed by atoms with van der Waals surface area (Å²) >= 11 is 0. The molecule has 6 aromatic rings. The second-order valence-electron chi connectivity index (χ2n) is 33.6. The van der Waals surface area contributed by atoms with Crippen molar-refractivity contribution in [1.29, 1.82) is 0 Å². The topological polar surface area (TPSA) is 418 Å². The molecular weight excluding hydrogens is 1630 g/mol. The third-order valence-electron chi connectivity index (χ3n) is 23.5. The van der Waals surface area contributed by atoms with E-state index in [9.17, 15) is 38.5 Å². The number of aromatic nitrogens is 12. The van der Waals surface area contributed by atoms with Crippen LogP contribution < -0.4 is 34.7 Å². The van der Waals surface area contributed by atoms with Crippen molar-refractivity contribution >= 4 is 81.9 Å². The molecule has 1 amide bonds. The number of piperazine rings is 4. The van der Waals surface area contributed by atoms with Crippen molar-refractivity contribution in [3.63, 3.8) is 0 Å². The van der Waals surface area contributed by atoms with Crippen LogP contribution in [0.2, 0.25) is 0 Å². The van der Waals surface area contributed by atoms with Gasteiger partial charge in [-0.05, 0) is 205 Å². The Morgan fingerprint density at radius 3 is 0.867 bits per heavy atom. The van der Waals surface area contributed by atoms with E-state index >= 15 is 0 Å². The first-order chi connectivity index (χ1) is 56.9. The van der Waals surface area contributed by atoms with E-state index in [1.165, 1.54) is 72.6 Å². The van der Waals surface area contributed by atoms with Crippen LogP contribution in [-0.2, 0) is 83.4 Å². The van der Waals surface area contributed by atoms with Gasteiger partial charge in [-0.3, -0.25) is 0 Å². The SMILES string of the molecule is C.CC(C)(C)OC(=O)N1CCC(CCCc2nc(N3CCN(S(C)(=O)=O)CC3)no2)CC1.CCc1cnc(N2CCC(CCCc3nc(N4CCN(S(C)(=O)=O)CC4)no3)CC2)nc1.CCc1cnc(N2CCC(CCCc3nc(N4CCN(S(C)(=O)=O)CC4)no3)CC2)nc1.CS(=O)(=O)N1CCN(c2noc(CCCC3CCNCC3)n2)CC1.[HH]. The summed E-state index contributed by atoms with van der Waals surface area (Å²) in [5, 5.41) is 19.7. The molecule has 0 radical (unpaired) electrons. The molecule has 14 heterocycles. The summed E-state index contributed by atoms with van der Waals surface area (Å²) in [5.74, 6) is 9.37. The molecular formula is C78H134N24O14S4. The zero-order valence-electron chi connectivity index (χ0n) is 71.3. The highest BCUT2D eigenvalue weighted by atomic mass is 32.2. The second kappa shape index (κ2) is 44.6. The molecule has 8 saturated heterocycles. The minimum Gasteiger partial charge on any atom is -0.444 e. The molecule has 0 bridgehead atoms. The number of ether oxygens (including phenoxy) is 1. The van der Waals surface area contributed by atoms with Crippen LogP contribution in [0.3, 0.4) is 0 Å². The molecule has 120 heavy (non-hydrogen) atoms. The first-order valence-corrected chi connectivity index (χ1v) is 50.2. The first-order valence-electron chi connectivity index (χ1n) is 42.8. The van der Waals surface area contributed by atoms with Gasteiger partial charge in [0, 0.05) is 196 Å². The van der Waals surface area contributed by atoms with E-state index in [4.69, 9.17) is 22.8 Å². The molecule has 1 N–H and O–H groups in total. The Bertz CT molecular complexity index is 4360. The molecule has 14 rings (SSSR count). The van der Waals surface area contributed by atoms with Gasteiger partial charge in [-0.25, -0.2) is 58.4 Å². The van der Waals surface area contributed by atoms with Crippen molar-refractivity contribution in [1.82, 2.24) is 87.9 Å². The maximum Gasteiger partial charge on any atom is 0.410 e. The van der Waals surface area contributed by atoms with E-state index in [0.717, 1.165) is 192 Å². The molecule has 0 aliphatic carbocycles. The molecule has 8 fully saturated rings. The number of aryl methyl sites for hydroxylation is 6. The molecule has 0 aromatic carbocycles. The Morgan fingerprint density at radius 2 is 0.625 bits per heavy atom. The number of hydrogen-bond acceptors (Lipinski definition) is 33. The fourth-order valence-corrected chi connectivity index (χ4v) is 19.4. The van der Waals surface area contributed by atoms with Gasteiger partial charge < -0.3 is 62.4 Å². The van der Waals surface area contributed by atoms with E-state index < -0.39 is 45.7 Å². The smallest absolute Gasteiger partial charge is 0.410 e. The summed E-state index contributed by atoms with van der Waals surface area (Å²) in [6, 6.07) is 0. The maximum absolute atomic E-state index is 12.2. The fraction of sp³-hybridized carbons (Fsp3) is 0.782. The molecule has 8 aliphatic rings. The normalized spacial score (nSPS) is 19.4. The zero-order valence-corrected chi connectivity index (χ0v) is 74.5. The van der Waals surface area contributed by atoms with Crippen molar-refractivity contribution in [3.8, 4) is 0 Å². The Kier molecular flexibility index (Phi) is 35.2. The quantitative estimate of drug-likeness (QED) is 0.0518. The largest absolute Gasteiger partial charge is 0.444 e. The number of nitrogens with one attached hydrogen (secondary N) is 1. The molecule has 6 aromatic heterocycles. The molecule has 38 nitrogen and oxygen atoms in total. The monoisotopic (exact) mass is 1760 g/mol. The Balaban J connectivity index is 0.000000183. The molecule has 0 atom stereocenters. The van der Waals surface area contributed by atoms with Crippen molar-refractivity contribution in [2.45, 2.75) is 189 Å². The van der Waals surface area contributed by atoms with E-state index in [-0.39, 0.29) is 14.9 Å². The second-order valence-corrected chi connectivity index (χ2v) is 41.5. The van der Waals surface area contributed by atoms with Gasteiger partial charge in [-0.2, -0.15) is 37.2 Å². The third-order valence-corrected chi connectivity index (χ3v) is 28.7. The number of sulfonamides is 4. The van der Waals surface area contributed by atoms with Crippen molar-refractivity contribution in [2.24, 2.45) is 23.7 Å². The third kappa shape index (κ3) is 29.6. The van der Waals surface area contributed by atoms with Gasteiger partial charge in [0.05, 0.1) is 25.0 Å². The van der Waals surface area contributed by atoms with Crippen LogP contribution in [0.25, 0.3) is 0 Å². The van der Waals surface area contributed by atoms with Crippen molar-refractivity contribution in [3.05, 3.63) is 59.5 Å². The predicted octanol–water partition coefficient (Wildman–Crippen LogP) is 6.96. The van der Waals surface area contributed by atoms with Gasteiger partial charge in [0.25, 0.3) is 23.8 Å². The van der Waals surface area contributed by atoms with Gasteiger partial charge in [0.2, 0.25) is 75.6 Å². The van der Waals surface area contributed by atoms with Gasteiger partial charge in [-0.1, -0.05) is 21.3 Å². The minimum absolute atomic E-state index is 0. The average Bonchev–Trinajstić information content (AvgIpc) is 1.30. The molecule has 42 heteroatoms. The number of piperidine rings is 4. The van der Waals surface area contributed by atoms with Crippen LogP contribution in [0.1, 0.15) is 181 Å². The molecule has 0 unspecified atom stereocenters. The maximum atomic E-state index is 12.2. The lowest BCUT2D eigenvalue weighted by atomic mass is 9.92. The van der Waals surface area contributed by atoms with Crippen molar-refractivity contribution < 1.29 is 62.7 Å². The van der Waals surface area contributed by atoms with Crippen LogP contribution in [0.15, 0.2) is 42.9 Å². The highest BCUT2D eigenvalue weighted by molar-refractivity contribution is 7.89. The highest BCUT2D eigenvalue weighted by Crippen LogP contribution is 2.30. The molecule has 8 aliphatic heterocycles. The summed E-state index contributed by atoms with van der Waals surface area (Å²) in [6.07, 6.45) is 35.2. The number of amides is 1. The average molecular weight is 1760 g/mol. The lowest BCUT2D eigenvalue weighted by molar-refractivity contribution is 0.0180. The van der Waals surface area contributed by atoms with Crippen LogP contribution in [0, 0.1) is 23.7 Å². The summed E-state index contributed by atoms with van der Waals surface area (Å²) in [4.78, 5) is 62.5. The van der Waals surface area contributed by atoms with Crippen LogP contribution >= 0.6 is 0 Å². The number of hydrogen-bond donors (Lipinski definition) is 1. The lowest BCUT2D eigenvalue weighted by Crippen LogP contribution is -2.48. The van der Waals surface area contributed by atoms with E-state index in [1.807, 2.05) is 65.2 Å². The van der Waals surface area contributed by atoms with Crippen LogP contribution in [-0.4, -0.2) is 310 Å². The predicted molar refractivity (Wildman–Crippen MR) is 461 cm³/mol. The lowest BCUT2D eigenvalue weighted by Gasteiger charge is -2.33. The number of likely N-dealkylation sites (tertiary alicyclic amines) is 1. The first kappa shape index (κ1) is 94.6. The van der Waals surface area contributed by atoms with Crippen molar-refractivity contribution in [2.75, 3.05) is 211 Å². The van der Waals surface area contributed by atoms with E-state index in [0.29, 0.717) is 170 Å². The summed E-state index contributed by atoms with van der Waals surface area (Å²) in [6.45, 7) is 25.9. The van der Waals surface area contributed by atoms with E-state index in [2.05, 4.69) is 89.5 Å². The number of nitrogens with zero attached hydrogens (tertiary/aromatic N) is 23. The number of rotatable bonds is 28. The minimum atomic E-state index is -3.15. The van der Waals surface area contributed by atoms with Gasteiger partial charge >= 0.3 is 6.09 Å². The van der Waals surface area contributed by atoms with Gasteiger partial charge in [0.15, 0.2) is 0 Å². The van der Waals surface area contributed by atoms with Gasteiger partial charge in [-0.15, -0.1) is 0 Å². The molecule has 0 spiro atoms. The number of anilines is 6. The van der Waals surface area contributed by atoms with Crippen LogP contribution in [0.5, 0.6) is 0 Å². The summed E-state index contributed by atoms with van der Waals surface area (Å²) in [5.41, 5.74) is 1.88. The Morgan fingerprint density at radius 1 is 0.383 bits per heavy atom. The Labute approximate surface area is 712 Å². The summed E-state index contributed by atoms with van der Waals surface area (Å²) in [7, 11) is -12.5. The molecule has 0 saturated carbocycles. The van der Waals surface area contributed by atoms with Crippen LogP contribution in [0.4, 0.5) is 40.5 Å². The number of carbonyl (C=O) groups excluding carboxylic acids is 1. The molecule has 674 valence electrons. The van der Waals surface area contributed by atoms with E-state index in [1.54, 1.807) is 4.90 Å². The zero-order chi connectivity index (χ0) is 84.7. The fourth-order valence-electron chi connectivity index (χ4n) is 16.1. The standard InChI is InChI=1S/2C21H33N7O3S.C20H35N5O5S.C15H27N5O3S.CH4.H2/c2*1-3-17-15-22-20(23-16-17)26-9-7-18(8-10-26)5-4-6-19-24-21(25-31-19)27-11-13-28(14-12-27)32(2,29)30;1-20(2,3)29-19(26)24-10-8-16(9-11-24)6-5-7-17-21-18(22-30-17)23-12-14-25(15-13-23)31(4,27)28;1-24(21,22)20-11-9-19(10-12-20)15-17-14(23-18-15)4-2-3-13-5-7-16-8-6-13;;/h2*15-16,18H,3-14H2,1-2H3;16H,5-15H2,1-4H3;13,16H,2-12H2,1H3;1H4;1H.